The third kappa shape index (κ3) is 5.21. The lowest BCUT2D eigenvalue weighted by atomic mass is 10.1. The van der Waals surface area contributed by atoms with E-state index in [-0.39, 0.29) is 17.9 Å². The summed E-state index contributed by atoms with van der Waals surface area (Å²) in [7, 11) is 0. The molecule has 1 amide bonds. The number of hydrogen-bond donors (Lipinski definition) is 1. The van der Waals surface area contributed by atoms with E-state index in [4.69, 9.17) is 11.6 Å². The maximum Gasteiger partial charge on any atom is 0.224 e. The zero-order valence-electron chi connectivity index (χ0n) is 9.31. The van der Waals surface area contributed by atoms with E-state index < -0.39 is 5.82 Å². The Morgan fingerprint density at radius 2 is 2.18 bits per heavy atom. The Morgan fingerprint density at radius 3 is 2.82 bits per heavy atom. The van der Waals surface area contributed by atoms with Crippen molar-refractivity contribution in [1.29, 1.82) is 0 Å². The SMILES string of the molecule is O=C(Cc1c(F)cccc1Cl)NCCCCI. The summed E-state index contributed by atoms with van der Waals surface area (Å²) in [5.74, 6) is -0.620. The zero-order chi connectivity index (χ0) is 12.7. The van der Waals surface area contributed by atoms with Crippen LogP contribution in [-0.2, 0) is 11.2 Å². The van der Waals surface area contributed by atoms with Crippen LogP contribution in [0.25, 0.3) is 0 Å². The lowest BCUT2D eigenvalue weighted by Crippen LogP contribution is -2.26. The standard InChI is InChI=1S/C12H14ClFINO/c13-10-4-3-5-11(14)9(10)8-12(17)16-7-2-1-6-15/h3-5H,1-2,6-8H2,(H,16,17). The molecule has 0 aromatic heterocycles. The van der Waals surface area contributed by atoms with Crippen molar-refractivity contribution in [3.8, 4) is 0 Å². The van der Waals surface area contributed by atoms with Crippen LogP contribution in [0.2, 0.25) is 5.02 Å². The van der Waals surface area contributed by atoms with Crippen LogP contribution in [0.3, 0.4) is 0 Å². The molecule has 0 spiro atoms. The van der Waals surface area contributed by atoms with Gasteiger partial charge < -0.3 is 5.32 Å². The molecule has 0 aliphatic carbocycles. The first-order valence-electron chi connectivity index (χ1n) is 5.40. The summed E-state index contributed by atoms with van der Waals surface area (Å²) in [5.41, 5.74) is 0.264. The molecule has 0 radical (unpaired) electrons. The molecule has 0 fully saturated rings. The highest BCUT2D eigenvalue weighted by molar-refractivity contribution is 14.1. The second-order valence-electron chi connectivity index (χ2n) is 3.62. The van der Waals surface area contributed by atoms with Gasteiger partial charge in [-0.2, -0.15) is 0 Å². The molecule has 0 saturated carbocycles. The van der Waals surface area contributed by atoms with E-state index in [1.165, 1.54) is 12.1 Å². The minimum absolute atomic E-state index is 0.00422. The van der Waals surface area contributed by atoms with Gasteiger partial charge in [0.15, 0.2) is 0 Å². The molecule has 1 rings (SSSR count). The molecule has 1 aromatic rings. The molecule has 94 valence electrons. The summed E-state index contributed by atoms with van der Waals surface area (Å²) < 4.78 is 14.5. The summed E-state index contributed by atoms with van der Waals surface area (Å²) in [5, 5.41) is 3.05. The van der Waals surface area contributed by atoms with E-state index in [2.05, 4.69) is 27.9 Å². The predicted molar refractivity (Wildman–Crippen MR) is 76.2 cm³/mol. The molecule has 0 atom stereocenters. The van der Waals surface area contributed by atoms with E-state index in [1.807, 2.05) is 0 Å². The lowest BCUT2D eigenvalue weighted by molar-refractivity contribution is -0.120. The fourth-order valence-electron chi connectivity index (χ4n) is 1.37. The minimum Gasteiger partial charge on any atom is -0.356 e. The maximum atomic E-state index is 13.4. The number of hydrogen-bond acceptors (Lipinski definition) is 1. The molecule has 0 saturated heterocycles. The van der Waals surface area contributed by atoms with Crippen LogP contribution in [0.5, 0.6) is 0 Å². The molecule has 0 bridgehead atoms. The predicted octanol–water partition coefficient (Wildman–Crippen LogP) is 3.35. The normalized spacial score (nSPS) is 10.3. The molecule has 1 aromatic carbocycles. The molecular weight excluding hydrogens is 355 g/mol. The molecular formula is C12H14ClFINO. The summed E-state index contributed by atoms with van der Waals surface area (Å²) in [4.78, 5) is 11.5. The van der Waals surface area contributed by atoms with Crippen LogP contribution >= 0.6 is 34.2 Å². The van der Waals surface area contributed by atoms with E-state index >= 15 is 0 Å². The highest BCUT2D eigenvalue weighted by atomic mass is 127. The second kappa shape index (κ2) is 7.87. The van der Waals surface area contributed by atoms with Crippen molar-refractivity contribution in [1.82, 2.24) is 5.32 Å². The number of amides is 1. The van der Waals surface area contributed by atoms with Crippen LogP contribution in [0.15, 0.2) is 18.2 Å². The van der Waals surface area contributed by atoms with Crippen molar-refractivity contribution in [3.05, 3.63) is 34.6 Å². The molecule has 0 aliphatic heterocycles. The Bertz CT molecular complexity index is 367. The number of rotatable bonds is 6. The average Bonchev–Trinajstić information content (AvgIpc) is 2.30. The minimum atomic E-state index is -0.431. The Morgan fingerprint density at radius 1 is 1.41 bits per heavy atom. The third-order valence-electron chi connectivity index (χ3n) is 2.28. The lowest BCUT2D eigenvalue weighted by Gasteiger charge is -2.07. The summed E-state index contributed by atoms with van der Waals surface area (Å²) in [6, 6.07) is 4.42. The van der Waals surface area contributed by atoms with Gasteiger partial charge in [0.05, 0.1) is 6.42 Å². The van der Waals surface area contributed by atoms with E-state index in [0.717, 1.165) is 17.3 Å². The molecule has 0 heterocycles. The molecule has 2 nitrogen and oxygen atoms in total. The summed E-state index contributed by atoms with van der Waals surface area (Å²) in [6.07, 6.45) is 2.01. The fourth-order valence-corrected chi connectivity index (χ4v) is 2.14. The van der Waals surface area contributed by atoms with Crippen LogP contribution in [-0.4, -0.2) is 16.9 Å². The van der Waals surface area contributed by atoms with Gasteiger partial charge in [-0.05, 0) is 29.4 Å². The number of carbonyl (C=O) groups excluding carboxylic acids is 1. The van der Waals surface area contributed by atoms with Gasteiger partial charge in [0.25, 0.3) is 0 Å². The van der Waals surface area contributed by atoms with Crippen molar-refractivity contribution in [2.75, 3.05) is 11.0 Å². The van der Waals surface area contributed by atoms with E-state index in [0.29, 0.717) is 11.6 Å². The number of alkyl halides is 1. The van der Waals surface area contributed by atoms with Gasteiger partial charge in [-0.1, -0.05) is 40.3 Å². The van der Waals surface area contributed by atoms with Gasteiger partial charge in [-0.15, -0.1) is 0 Å². The summed E-state index contributed by atoms with van der Waals surface area (Å²) in [6.45, 7) is 0.633. The highest BCUT2D eigenvalue weighted by Gasteiger charge is 2.11. The summed E-state index contributed by atoms with van der Waals surface area (Å²) >= 11 is 8.13. The number of unbranched alkanes of at least 4 members (excludes halogenated alkanes) is 1. The van der Waals surface area contributed by atoms with E-state index in [9.17, 15) is 9.18 Å². The molecule has 1 N–H and O–H groups in total. The number of nitrogens with one attached hydrogen (secondary N) is 1. The first-order chi connectivity index (χ1) is 8.15. The molecule has 0 unspecified atom stereocenters. The number of halogens is 3. The second-order valence-corrected chi connectivity index (χ2v) is 5.11. The van der Waals surface area contributed by atoms with Crippen molar-refractivity contribution in [3.63, 3.8) is 0 Å². The zero-order valence-corrected chi connectivity index (χ0v) is 12.2. The maximum absolute atomic E-state index is 13.4. The quantitative estimate of drug-likeness (QED) is 0.465. The molecule has 5 heteroatoms. The highest BCUT2D eigenvalue weighted by Crippen LogP contribution is 2.19. The van der Waals surface area contributed by atoms with Crippen LogP contribution in [0.4, 0.5) is 4.39 Å². The number of carbonyl (C=O) groups is 1. The van der Waals surface area contributed by atoms with Crippen LogP contribution in [0, 0.1) is 5.82 Å². The Kier molecular flexibility index (Phi) is 6.80. The van der Waals surface area contributed by atoms with Crippen molar-refractivity contribution < 1.29 is 9.18 Å². The Hall–Kier alpha value is -0.360. The Balaban J connectivity index is 2.45. The monoisotopic (exact) mass is 369 g/mol. The smallest absolute Gasteiger partial charge is 0.224 e. The first-order valence-corrected chi connectivity index (χ1v) is 7.31. The topological polar surface area (TPSA) is 29.1 Å². The van der Waals surface area contributed by atoms with Crippen LogP contribution < -0.4 is 5.32 Å². The van der Waals surface area contributed by atoms with E-state index in [1.54, 1.807) is 6.07 Å². The molecule has 0 aliphatic rings. The Labute approximate surface area is 119 Å². The van der Waals surface area contributed by atoms with Gasteiger partial charge >= 0.3 is 0 Å². The van der Waals surface area contributed by atoms with Crippen LogP contribution in [0.1, 0.15) is 18.4 Å². The third-order valence-corrected chi connectivity index (χ3v) is 3.40. The van der Waals surface area contributed by atoms with Gasteiger partial charge in [-0.3, -0.25) is 4.79 Å². The largest absolute Gasteiger partial charge is 0.356 e. The van der Waals surface area contributed by atoms with Crippen molar-refractivity contribution in [2.45, 2.75) is 19.3 Å². The van der Waals surface area contributed by atoms with Crippen molar-refractivity contribution in [2.24, 2.45) is 0 Å². The first kappa shape index (κ1) is 14.7. The average molecular weight is 370 g/mol. The molecule has 17 heavy (non-hydrogen) atoms. The van der Waals surface area contributed by atoms with Gasteiger partial charge in [0.1, 0.15) is 5.82 Å². The fraction of sp³-hybridized carbons (Fsp3) is 0.417. The number of benzene rings is 1. The van der Waals surface area contributed by atoms with Gasteiger partial charge in [0.2, 0.25) is 5.91 Å². The van der Waals surface area contributed by atoms with Gasteiger partial charge in [-0.25, -0.2) is 4.39 Å². The van der Waals surface area contributed by atoms with Crippen molar-refractivity contribution >= 4 is 40.1 Å². The van der Waals surface area contributed by atoms with Gasteiger partial charge in [0, 0.05) is 17.1 Å².